The molecule has 0 saturated carbocycles. The number of carbonyl (C=O) groups is 2. The van der Waals surface area contributed by atoms with Gasteiger partial charge in [-0.15, -0.1) is 0 Å². The van der Waals surface area contributed by atoms with Crippen LogP contribution >= 0.6 is 0 Å². The maximum absolute atomic E-state index is 12.7. The Bertz CT molecular complexity index is 841. The maximum Gasteiger partial charge on any atom is 0.254 e. The molecule has 1 fully saturated rings. The standard InChI is InChI=1S/C23H28N2O3/c1-16-8-4-5-9-19(16)23(27)25-14-12-18(13-15-25)22(26)24-17(2)20-10-6-7-11-21(20)28-3/h4-11,17-18H,12-15H2,1-3H3,(H,24,26)/t17-/m1/s1. The number of nitrogens with one attached hydrogen (secondary N) is 1. The van der Waals surface area contributed by atoms with E-state index in [1.807, 2.05) is 67.3 Å². The summed E-state index contributed by atoms with van der Waals surface area (Å²) in [7, 11) is 1.63. The van der Waals surface area contributed by atoms with Crippen LogP contribution in [-0.2, 0) is 4.79 Å². The van der Waals surface area contributed by atoms with Gasteiger partial charge >= 0.3 is 0 Å². The van der Waals surface area contributed by atoms with Gasteiger partial charge in [0, 0.05) is 30.1 Å². The molecule has 0 spiro atoms. The van der Waals surface area contributed by atoms with Crippen LogP contribution in [0.1, 0.15) is 47.3 Å². The van der Waals surface area contributed by atoms with Crippen LogP contribution in [0.25, 0.3) is 0 Å². The molecule has 148 valence electrons. The lowest BCUT2D eigenvalue weighted by Crippen LogP contribution is -2.43. The average Bonchev–Trinajstić information content (AvgIpc) is 2.73. The summed E-state index contributed by atoms with van der Waals surface area (Å²) in [6.45, 7) is 5.13. The van der Waals surface area contributed by atoms with Crippen LogP contribution in [0.3, 0.4) is 0 Å². The second-order valence-electron chi connectivity index (χ2n) is 7.35. The van der Waals surface area contributed by atoms with E-state index in [-0.39, 0.29) is 23.8 Å². The number of rotatable bonds is 5. The molecule has 5 heteroatoms. The fourth-order valence-corrected chi connectivity index (χ4v) is 3.76. The Morgan fingerprint density at radius 3 is 2.39 bits per heavy atom. The van der Waals surface area contributed by atoms with Gasteiger partial charge in [0.25, 0.3) is 5.91 Å². The van der Waals surface area contributed by atoms with Crippen LogP contribution in [0.15, 0.2) is 48.5 Å². The van der Waals surface area contributed by atoms with E-state index in [0.29, 0.717) is 25.9 Å². The van der Waals surface area contributed by atoms with Crippen molar-refractivity contribution in [1.82, 2.24) is 10.2 Å². The van der Waals surface area contributed by atoms with E-state index < -0.39 is 0 Å². The summed E-state index contributed by atoms with van der Waals surface area (Å²) in [5.74, 6) is 0.799. The van der Waals surface area contributed by atoms with Gasteiger partial charge in [0.15, 0.2) is 0 Å². The molecule has 2 aromatic carbocycles. The first-order valence-corrected chi connectivity index (χ1v) is 9.79. The molecule has 1 saturated heterocycles. The van der Waals surface area contributed by atoms with Crippen LogP contribution in [-0.4, -0.2) is 36.9 Å². The normalized spacial score (nSPS) is 15.8. The minimum absolute atomic E-state index is 0.0430. The first-order chi connectivity index (χ1) is 13.5. The highest BCUT2D eigenvalue weighted by molar-refractivity contribution is 5.95. The Balaban J connectivity index is 1.56. The van der Waals surface area contributed by atoms with Gasteiger partial charge in [-0.05, 0) is 44.4 Å². The molecule has 1 aliphatic heterocycles. The molecule has 0 aromatic heterocycles. The Hall–Kier alpha value is -2.82. The van der Waals surface area contributed by atoms with E-state index in [2.05, 4.69) is 5.32 Å². The predicted molar refractivity (Wildman–Crippen MR) is 109 cm³/mol. The fraction of sp³-hybridized carbons (Fsp3) is 0.391. The lowest BCUT2D eigenvalue weighted by atomic mass is 9.94. The minimum atomic E-state index is -0.129. The summed E-state index contributed by atoms with van der Waals surface area (Å²) < 4.78 is 5.39. The van der Waals surface area contributed by atoms with E-state index in [1.165, 1.54) is 0 Å². The van der Waals surface area contributed by atoms with Gasteiger partial charge in [-0.2, -0.15) is 0 Å². The lowest BCUT2D eigenvalue weighted by Gasteiger charge is -2.32. The summed E-state index contributed by atoms with van der Waals surface area (Å²) in [6.07, 6.45) is 1.37. The largest absolute Gasteiger partial charge is 0.496 e. The number of benzene rings is 2. The van der Waals surface area contributed by atoms with E-state index in [1.54, 1.807) is 7.11 Å². The third-order valence-corrected chi connectivity index (χ3v) is 5.49. The molecule has 1 atom stereocenters. The van der Waals surface area contributed by atoms with Crippen LogP contribution in [0, 0.1) is 12.8 Å². The second-order valence-corrected chi connectivity index (χ2v) is 7.35. The summed E-state index contributed by atoms with van der Waals surface area (Å²) in [5, 5.41) is 3.10. The second kappa shape index (κ2) is 8.91. The summed E-state index contributed by atoms with van der Waals surface area (Å²) in [4.78, 5) is 27.3. The Labute approximate surface area is 166 Å². The number of methoxy groups -OCH3 is 1. The third-order valence-electron chi connectivity index (χ3n) is 5.49. The molecular formula is C23H28N2O3. The molecule has 2 amide bonds. The van der Waals surface area contributed by atoms with E-state index in [0.717, 1.165) is 22.4 Å². The first kappa shape index (κ1) is 19.9. The molecule has 3 rings (SSSR count). The maximum atomic E-state index is 12.7. The van der Waals surface area contributed by atoms with Crippen LogP contribution < -0.4 is 10.1 Å². The summed E-state index contributed by atoms with van der Waals surface area (Å²) in [6, 6.07) is 15.2. The van der Waals surface area contributed by atoms with Crippen molar-refractivity contribution in [2.75, 3.05) is 20.2 Å². The van der Waals surface area contributed by atoms with Crippen molar-refractivity contribution in [3.8, 4) is 5.75 Å². The van der Waals surface area contributed by atoms with E-state index >= 15 is 0 Å². The third kappa shape index (κ3) is 4.35. The Kier molecular flexibility index (Phi) is 6.34. The number of likely N-dealkylation sites (tertiary alicyclic amines) is 1. The van der Waals surface area contributed by atoms with Gasteiger partial charge in [0.05, 0.1) is 13.2 Å². The zero-order valence-electron chi connectivity index (χ0n) is 16.8. The molecule has 28 heavy (non-hydrogen) atoms. The predicted octanol–water partition coefficient (Wildman–Crippen LogP) is 3.73. The number of piperidine rings is 1. The van der Waals surface area contributed by atoms with Crippen molar-refractivity contribution in [2.45, 2.75) is 32.7 Å². The van der Waals surface area contributed by atoms with Gasteiger partial charge in [0.2, 0.25) is 5.91 Å². The van der Waals surface area contributed by atoms with Gasteiger partial charge in [-0.1, -0.05) is 36.4 Å². The number of carbonyl (C=O) groups excluding carboxylic acids is 2. The summed E-state index contributed by atoms with van der Waals surface area (Å²) >= 11 is 0. The lowest BCUT2D eigenvalue weighted by molar-refractivity contribution is -0.127. The highest BCUT2D eigenvalue weighted by atomic mass is 16.5. The van der Waals surface area contributed by atoms with Gasteiger partial charge in [0.1, 0.15) is 5.75 Å². The van der Waals surface area contributed by atoms with E-state index in [4.69, 9.17) is 4.74 Å². The Morgan fingerprint density at radius 1 is 1.07 bits per heavy atom. The molecule has 0 bridgehead atoms. The van der Waals surface area contributed by atoms with Crippen LogP contribution in [0.5, 0.6) is 5.75 Å². The SMILES string of the molecule is COc1ccccc1[C@@H](C)NC(=O)C1CCN(C(=O)c2ccccc2C)CC1. The average molecular weight is 380 g/mol. The molecule has 0 radical (unpaired) electrons. The van der Waals surface area contributed by atoms with Crippen molar-refractivity contribution in [1.29, 1.82) is 0 Å². The van der Waals surface area contributed by atoms with Crippen molar-refractivity contribution >= 4 is 11.8 Å². The number of ether oxygens (including phenoxy) is 1. The summed E-state index contributed by atoms with van der Waals surface area (Å²) in [5.41, 5.74) is 2.69. The topological polar surface area (TPSA) is 58.6 Å². The number of hydrogen-bond acceptors (Lipinski definition) is 3. The number of amides is 2. The Morgan fingerprint density at radius 2 is 1.71 bits per heavy atom. The van der Waals surface area contributed by atoms with Crippen LogP contribution in [0.2, 0.25) is 0 Å². The molecular weight excluding hydrogens is 352 g/mol. The monoisotopic (exact) mass is 380 g/mol. The van der Waals surface area contributed by atoms with Crippen molar-refractivity contribution in [3.63, 3.8) is 0 Å². The smallest absolute Gasteiger partial charge is 0.254 e. The minimum Gasteiger partial charge on any atom is -0.496 e. The van der Waals surface area contributed by atoms with Crippen LogP contribution in [0.4, 0.5) is 0 Å². The molecule has 0 unspecified atom stereocenters. The highest BCUT2D eigenvalue weighted by Crippen LogP contribution is 2.26. The number of hydrogen-bond donors (Lipinski definition) is 1. The zero-order valence-corrected chi connectivity index (χ0v) is 16.8. The zero-order chi connectivity index (χ0) is 20.1. The van der Waals surface area contributed by atoms with Gasteiger partial charge in [-0.25, -0.2) is 0 Å². The van der Waals surface area contributed by atoms with Crippen molar-refractivity contribution < 1.29 is 14.3 Å². The van der Waals surface area contributed by atoms with E-state index in [9.17, 15) is 9.59 Å². The molecule has 1 heterocycles. The van der Waals surface area contributed by atoms with Crippen molar-refractivity contribution in [2.24, 2.45) is 5.92 Å². The number of aryl methyl sites for hydroxylation is 1. The number of nitrogens with zero attached hydrogens (tertiary/aromatic N) is 1. The highest BCUT2D eigenvalue weighted by Gasteiger charge is 2.29. The molecule has 5 nitrogen and oxygen atoms in total. The number of para-hydroxylation sites is 1. The fourth-order valence-electron chi connectivity index (χ4n) is 3.76. The quantitative estimate of drug-likeness (QED) is 0.860. The van der Waals surface area contributed by atoms with Gasteiger partial charge < -0.3 is 15.0 Å². The molecule has 0 aliphatic carbocycles. The first-order valence-electron chi connectivity index (χ1n) is 9.79. The van der Waals surface area contributed by atoms with Gasteiger partial charge in [-0.3, -0.25) is 9.59 Å². The van der Waals surface area contributed by atoms with Crippen molar-refractivity contribution in [3.05, 3.63) is 65.2 Å². The molecule has 1 aliphatic rings. The molecule has 2 aromatic rings. The molecule has 1 N–H and O–H groups in total.